The summed E-state index contributed by atoms with van der Waals surface area (Å²) in [6.45, 7) is 9.53. The van der Waals surface area contributed by atoms with E-state index >= 15 is 0 Å². The molecule has 164 valence electrons. The third-order valence-electron chi connectivity index (χ3n) is 6.32. The van der Waals surface area contributed by atoms with Gasteiger partial charge in [-0.2, -0.15) is 0 Å². The van der Waals surface area contributed by atoms with E-state index in [-0.39, 0.29) is 11.0 Å². The molecular formula is C27H30N4O. The zero-order chi connectivity index (χ0) is 22.3. The number of fused-ring (bicyclic) bond motifs is 2. The van der Waals surface area contributed by atoms with Gasteiger partial charge in [0.1, 0.15) is 5.82 Å². The number of aromatic amines is 1. The highest BCUT2D eigenvalue weighted by Gasteiger charge is 2.25. The van der Waals surface area contributed by atoms with Crippen molar-refractivity contribution in [3.8, 4) is 0 Å². The molecule has 0 saturated carbocycles. The van der Waals surface area contributed by atoms with Crippen LogP contribution in [0.1, 0.15) is 49.0 Å². The maximum absolute atomic E-state index is 12.6. The molecule has 0 atom stereocenters. The Labute approximate surface area is 188 Å². The van der Waals surface area contributed by atoms with Crippen molar-refractivity contribution in [1.82, 2.24) is 19.4 Å². The summed E-state index contributed by atoms with van der Waals surface area (Å²) in [5.74, 6) is 0.766. The van der Waals surface area contributed by atoms with E-state index in [1.54, 1.807) is 0 Å². The maximum atomic E-state index is 12.6. The molecule has 2 aromatic heterocycles. The fraction of sp³-hybridized carbons (Fsp3) is 0.333. The third-order valence-corrected chi connectivity index (χ3v) is 6.32. The van der Waals surface area contributed by atoms with E-state index in [4.69, 9.17) is 4.98 Å². The van der Waals surface area contributed by atoms with Crippen LogP contribution in [0.3, 0.4) is 0 Å². The first kappa shape index (κ1) is 20.7. The lowest BCUT2D eigenvalue weighted by Crippen LogP contribution is -2.36. The quantitative estimate of drug-likeness (QED) is 0.518. The number of rotatable bonds is 4. The normalized spacial score (nSPS) is 14.6. The molecule has 0 saturated heterocycles. The second-order valence-corrected chi connectivity index (χ2v) is 9.84. The van der Waals surface area contributed by atoms with E-state index in [0.717, 1.165) is 43.1 Å². The summed E-state index contributed by atoms with van der Waals surface area (Å²) in [5.41, 5.74) is 5.50. The highest BCUT2D eigenvalue weighted by Crippen LogP contribution is 2.26. The Bertz CT molecular complexity index is 1310. The molecule has 1 N–H and O–H groups in total. The Kier molecular flexibility index (Phi) is 5.22. The first-order valence-corrected chi connectivity index (χ1v) is 11.3. The first-order valence-electron chi connectivity index (χ1n) is 11.3. The molecule has 0 radical (unpaired) electrons. The van der Waals surface area contributed by atoms with Gasteiger partial charge < -0.3 is 9.55 Å². The molecule has 1 aliphatic heterocycles. The summed E-state index contributed by atoms with van der Waals surface area (Å²) in [6.07, 6.45) is 3.03. The van der Waals surface area contributed by atoms with Crippen LogP contribution in [0.15, 0.2) is 65.6 Å². The second kappa shape index (κ2) is 8.06. The van der Waals surface area contributed by atoms with Crippen LogP contribution in [0.5, 0.6) is 0 Å². The van der Waals surface area contributed by atoms with Crippen molar-refractivity contribution in [2.45, 2.75) is 52.2 Å². The fourth-order valence-electron chi connectivity index (χ4n) is 4.58. The van der Waals surface area contributed by atoms with Crippen molar-refractivity contribution in [1.29, 1.82) is 0 Å². The number of hydrogen-bond acceptors (Lipinski definition) is 3. The lowest BCUT2D eigenvalue weighted by Gasteiger charge is -2.28. The van der Waals surface area contributed by atoms with E-state index in [1.165, 1.54) is 22.0 Å². The SMILES string of the molecule is CC(C)(C)c1nc2c(c(=O)[nH]1)CCN(Cc1cn(Cc3ccccc3)c3ccccc13)C2. The van der Waals surface area contributed by atoms with Gasteiger partial charge in [-0.05, 0) is 23.6 Å². The minimum Gasteiger partial charge on any atom is -0.343 e. The average Bonchev–Trinajstić information content (AvgIpc) is 3.11. The van der Waals surface area contributed by atoms with Crippen molar-refractivity contribution in [2.75, 3.05) is 6.54 Å². The van der Waals surface area contributed by atoms with Crippen LogP contribution >= 0.6 is 0 Å². The Hall–Kier alpha value is -3.18. The Balaban J connectivity index is 1.44. The third kappa shape index (κ3) is 4.00. The molecule has 0 amide bonds. The molecule has 0 fully saturated rings. The summed E-state index contributed by atoms with van der Waals surface area (Å²) >= 11 is 0. The predicted octanol–water partition coefficient (Wildman–Crippen LogP) is 4.63. The average molecular weight is 427 g/mol. The van der Waals surface area contributed by atoms with Gasteiger partial charge in [-0.3, -0.25) is 9.69 Å². The Morgan fingerprint density at radius 2 is 1.75 bits per heavy atom. The highest BCUT2D eigenvalue weighted by atomic mass is 16.1. The monoisotopic (exact) mass is 426 g/mol. The van der Waals surface area contributed by atoms with Crippen LogP contribution in [-0.4, -0.2) is 26.0 Å². The van der Waals surface area contributed by atoms with E-state index in [0.29, 0.717) is 6.54 Å². The van der Waals surface area contributed by atoms with Crippen LogP contribution in [0.25, 0.3) is 10.9 Å². The standard InChI is InChI=1S/C27H30N4O/c1-27(2,3)26-28-23-18-30(14-13-22(23)25(32)29-26)16-20-17-31(15-19-9-5-4-6-10-19)24-12-8-7-11-21(20)24/h4-12,17H,13-16,18H2,1-3H3,(H,28,29,32). The fourth-order valence-corrected chi connectivity index (χ4v) is 4.58. The van der Waals surface area contributed by atoms with Crippen LogP contribution in [0.2, 0.25) is 0 Å². The minimum atomic E-state index is -0.179. The van der Waals surface area contributed by atoms with Crippen molar-refractivity contribution in [3.63, 3.8) is 0 Å². The van der Waals surface area contributed by atoms with Crippen molar-refractivity contribution >= 4 is 10.9 Å². The minimum absolute atomic E-state index is 0.0269. The molecule has 0 bridgehead atoms. The molecule has 0 spiro atoms. The van der Waals surface area contributed by atoms with Gasteiger partial charge in [0.2, 0.25) is 0 Å². The molecule has 0 aliphatic carbocycles. The van der Waals surface area contributed by atoms with Gasteiger partial charge in [0, 0.05) is 54.3 Å². The lowest BCUT2D eigenvalue weighted by atomic mass is 9.95. The number of nitrogens with one attached hydrogen (secondary N) is 1. The predicted molar refractivity (Wildman–Crippen MR) is 129 cm³/mol. The molecule has 4 aromatic rings. The largest absolute Gasteiger partial charge is 0.343 e. The van der Waals surface area contributed by atoms with Crippen LogP contribution < -0.4 is 5.56 Å². The molecule has 5 nitrogen and oxygen atoms in total. The van der Waals surface area contributed by atoms with Gasteiger partial charge in [0.05, 0.1) is 5.69 Å². The van der Waals surface area contributed by atoms with Crippen LogP contribution in [-0.2, 0) is 31.5 Å². The van der Waals surface area contributed by atoms with Gasteiger partial charge in [-0.15, -0.1) is 0 Å². The van der Waals surface area contributed by atoms with Gasteiger partial charge in [-0.1, -0.05) is 69.3 Å². The summed E-state index contributed by atoms with van der Waals surface area (Å²) in [7, 11) is 0. The molecule has 2 aromatic carbocycles. The molecule has 5 rings (SSSR count). The van der Waals surface area contributed by atoms with Gasteiger partial charge in [0.15, 0.2) is 0 Å². The second-order valence-electron chi connectivity index (χ2n) is 9.84. The Morgan fingerprint density at radius 3 is 2.53 bits per heavy atom. The molecule has 1 aliphatic rings. The Morgan fingerprint density at radius 1 is 1.00 bits per heavy atom. The number of benzene rings is 2. The smallest absolute Gasteiger partial charge is 0.254 e. The number of aromatic nitrogens is 3. The number of nitrogens with zero attached hydrogens (tertiary/aromatic N) is 3. The summed E-state index contributed by atoms with van der Waals surface area (Å²) < 4.78 is 2.35. The van der Waals surface area contributed by atoms with Crippen LogP contribution in [0.4, 0.5) is 0 Å². The zero-order valence-electron chi connectivity index (χ0n) is 19.1. The molecular weight excluding hydrogens is 396 g/mol. The topological polar surface area (TPSA) is 53.9 Å². The molecule has 3 heterocycles. The highest BCUT2D eigenvalue weighted by molar-refractivity contribution is 5.84. The number of hydrogen-bond donors (Lipinski definition) is 1. The summed E-state index contributed by atoms with van der Waals surface area (Å²) in [6, 6.07) is 19.2. The van der Waals surface area contributed by atoms with E-state index in [1.807, 2.05) is 0 Å². The summed E-state index contributed by atoms with van der Waals surface area (Å²) in [5, 5.41) is 1.29. The van der Waals surface area contributed by atoms with Gasteiger partial charge >= 0.3 is 0 Å². The van der Waals surface area contributed by atoms with Crippen LogP contribution in [0, 0.1) is 0 Å². The van der Waals surface area contributed by atoms with Crippen molar-refractivity contribution in [2.24, 2.45) is 0 Å². The van der Waals surface area contributed by atoms with Crippen molar-refractivity contribution in [3.05, 3.63) is 99.4 Å². The lowest BCUT2D eigenvalue weighted by molar-refractivity contribution is 0.240. The van der Waals surface area contributed by atoms with Crippen molar-refractivity contribution < 1.29 is 0 Å². The summed E-state index contributed by atoms with van der Waals surface area (Å²) in [4.78, 5) is 22.9. The first-order chi connectivity index (χ1) is 15.4. The maximum Gasteiger partial charge on any atom is 0.254 e. The van der Waals surface area contributed by atoms with Gasteiger partial charge in [-0.25, -0.2) is 4.98 Å². The number of H-pyrrole nitrogens is 1. The van der Waals surface area contributed by atoms with E-state index < -0.39 is 0 Å². The van der Waals surface area contributed by atoms with E-state index in [2.05, 4.69) is 96.0 Å². The van der Waals surface area contributed by atoms with E-state index in [9.17, 15) is 4.79 Å². The zero-order valence-corrected chi connectivity index (χ0v) is 19.1. The van der Waals surface area contributed by atoms with Gasteiger partial charge in [0.25, 0.3) is 5.56 Å². The molecule has 5 heteroatoms. The molecule has 0 unspecified atom stereocenters. The number of para-hydroxylation sites is 1. The molecule has 32 heavy (non-hydrogen) atoms.